The Bertz CT molecular complexity index is 658. The number of Topliss-reactive ketones (excluding diaryl/α,β-unsaturated/α-hetero) is 1. The second-order valence-electron chi connectivity index (χ2n) is 5.08. The predicted molar refractivity (Wildman–Crippen MR) is 94.9 cm³/mol. The van der Waals surface area contributed by atoms with Gasteiger partial charge in [-0.3, -0.25) is 4.79 Å². The van der Waals surface area contributed by atoms with Gasteiger partial charge in [0.25, 0.3) is 0 Å². The van der Waals surface area contributed by atoms with E-state index in [4.69, 9.17) is 17.0 Å². The topological polar surface area (TPSA) is 41.6 Å². The zero-order chi connectivity index (χ0) is 16.4. The summed E-state index contributed by atoms with van der Waals surface area (Å²) >= 11 is 8.92. The number of methoxy groups -OCH3 is 1. The van der Waals surface area contributed by atoms with E-state index < -0.39 is 0 Å². The molecular formula is C16H19BrN2O2S. The Morgan fingerprint density at radius 1 is 1.50 bits per heavy atom. The summed E-state index contributed by atoms with van der Waals surface area (Å²) in [6, 6.07) is 5.54. The number of halogens is 1. The molecule has 22 heavy (non-hydrogen) atoms. The van der Waals surface area contributed by atoms with Crippen LogP contribution in [-0.4, -0.2) is 29.5 Å². The Labute approximate surface area is 144 Å². The minimum atomic E-state index is -0.241. The average Bonchev–Trinajstić information content (AvgIpc) is 2.46. The Morgan fingerprint density at radius 3 is 2.68 bits per heavy atom. The van der Waals surface area contributed by atoms with Gasteiger partial charge in [0.2, 0.25) is 0 Å². The fraction of sp³-hybridized carbons (Fsp3) is 0.375. The van der Waals surface area contributed by atoms with Gasteiger partial charge in [-0.25, -0.2) is 0 Å². The van der Waals surface area contributed by atoms with Crippen molar-refractivity contribution in [2.45, 2.75) is 26.8 Å². The molecule has 0 bridgehead atoms. The Balaban J connectivity index is 2.53. The summed E-state index contributed by atoms with van der Waals surface area (Å²) in [7, 11) is 1.62. The number of allylic oxidation sites excluding steroid dienone is 1. The molecule has 1 aliphatic rings. The summed E-state index contributed by atoms with van der Waals surface area (Å²) in [5, 5.41) is 3.92. The first kappa shape index (κ1) is 17.0. The summed E-state index contributed by atoms with van der Waals surface area (Å²) in [5.74, 6) is 0.797. The van der Waals surface area contributed by atoms with Crippen molar-refractivity contribution in [2.75, 3.05) is 13.7 Å². The van der Waals surface area contributed by atoms with Crippen LogP contribution >= 0.6 is 28.1 Å². The number of thiocarbonyl (C=S) groups is 1. The van der Waals surface area contributed by atoms with Crippen LogP contribution in [0, 0.1) is 0 Å². The molecule has 1 unspecified atom stereocenters. The second kappa shape index (κ2) is 6.79. The summed E-state index contributed by atoms with van der Waals surface area (Å²) in [6.07, 6.45) is 0. The van der Waals surface area contributed by atoms with Gasteiger partial charge in [-0.15, -0.1) is 0 Å². The molecule has 0 saturated heterocycles. The van der Waals surface area contributed by atoms with Crippen molar-refractivity contribution in [3.63, 3.8) is 0 Å². The molecule has 0 radical (unpaired) electrons. The minimum Gasteiger partial charge on any atom is -0.496 e. The first-order valence-corrected chi connectivity index (χ1v) is 8.24. The lowest BCUT2D eigenvalue weighted by Crippen LogP contribution is -2.47. The van der Waals surface area contributed by atoms with Crippen LogP contribution in [0.4, 0.5) is 0 Å². The van der Waals surface area contributed by atoms with Crippen LogP contribution < -0.4 is 10.1 Å². The summed E-state index contributed by atoms with van der Waals surface area (Å²) in [4.78, 5) is 14.1. The zero-order valence-corrected chi connectivity index (χ0v) is 15.5. The first-order valence-electron chi connectivity index (χ1n) is 7.03. The summed E-state index contributed by atoms with van der Waals surface area (Å²) in [5.41, 5.74) is 2.62. The number of nitrogens with zero attached hydrogens (tertiary/aromatic N) is 1. The highest BCUT2D eigenvalue weighted by Gasteiger charge is 2.31. The molecular weight excluding hydrogens is 364 g/mol. The molecule has 6 heteroatoms. The fourth-order valence-electron chi connectivity index (χ4n) is 2.73. The van der Waals surface area contributed by atoms with Crippen molar-refractivity contribution in [1.82, 2.24) is 10.2 Å². The molecule has 1 heterocycles. The van der Waals surface area contributed by atoms with E-state index in [2.05, 4.69) is 21.2 Å². The van der Waals surface area contributed by atoms with E-state index in [1.54, 1.807) is 14.0 Å². The molecule has 0 spiro atoms. The lowest BCUT2D eigenvalue weighted by atomic mass is 9.92. The number of benzene rings is 1. The number of ketones is 1. The molecule has 0 aromatic heterocycles. The molecule has 1 aromatic rings. The zero-order valence-electron chi connectivity index (χ0n) is 13.1. The SMILES string of the molecule is CCN1C(=S)NC(c2ccc(OC)c(Br)c2)C(C(C)=O)=C1C. The molecule has 0 saturated carbocycles. The van der Waals surface area contributed by atoms with Gasteiger partial charge in [0.05, 0.1) is 17.6 Å². The molecule has 1 aliphatic heterocycles. The highest BCUT2D eigenvalue weighted by molar-refractivity contribution is 9.10. The minimum absolute atomic E-state index is 0.0443. The maximum Gasteiger partial charge on any atom is 0.173 e. The van der Waals surface area contributed by atoms with E-state index >= 15 is 0 Å². The lowest BCUT2D eigenvalue weighted by molar-refractivity contribution is -0.114. The third-order valence-corrected chi connectivity index (χ3v) is 4.76. The van der Waals surface area contributed by atoms with E-state index in [-0.39, 0.29) is 11.8 Å². The molecule has 0 amide bonds. The van der Waals surface area contributed by atoms with Gasteiger partial charge in [-0.2, -0.15) is 0 Å². The van der Waals surface area contributed by atoms with Gasteiger partial charge >= 0.3 is 0 Å². The van der Waals surface area contributed by atoms with Crippen LogP contribution in [0.25, 0.3) is 0 Å². The van der Waals surface area contributed by atoms with E-state index in [0.717, 1.165) is 33.6 Å². The second-order valence-corrected chi connectivity index (χ2v) is 6.32. The van der Waals surface area contributed by atoms with E-state index in [1.807, 2.05) is 36.9 Å². The van der Waals surface area contributed by atoms with Crippen molar-refractivity contribution < 1.29 is 9.53 Å². The normalized spacial score (nSPS) is 18.3. The van der Waals surface area contributed by atoms with Crippen LogP contribution in [0.3, 0.4) is 0 Å². The van der Waals surface area contributed by atoms with Crippen molar-refractivity contribution >= 4 is 39.0 Å². The van der Waals surface area contributed by atoms with Crippen molar-refractivity contribution in [3.8, 4) is 5.75 Å². The largest absolute Gasteiger partial charge is 0.496 e. The van der Waals surface area contributed by atoms with Gasteiger partial charge in [-0.1, -0.05) is 6.07 Å². The van der Waals surface area contributed by atoms with Gasteiger partial charge in [0.1, 0.15) is 5.75 Å². The highest BCUT2D eigenvalue weighted by Crippen LogP contribution is 2.34. The van der Waals surface area contributed by atoms with Gasteiger partial charge < -0.3 is 15.0 Å². The van der Waals surface area contributed by atoms with E-state index in [0.29, 0.717) is 5.11 Å². The fourth-order valence-corrected chi connectivity index (χ4v) is 3.67. The molecule has 2 rings (SSSR count). The van der Waals surface area contributed by atoms with Crippen molar-refractivity contribution in [3.05, 3.63) is 39.5 Å². The molecule has 1 atom stereocenters. The molecule has 1 aromatic carbocycles. The number of carbonyl (C=O) groups excluding carboxylic acids is 1. The van der Waals surface area contributed by atoms with E-state index in [9.17, 15) is 4.79 Å². The Morgan fingerprint density at radius 2 is 2.18 bits per heavy atom. The lowest BCUT2D eigenvalue weighted by Gasteiger charge is -2.37. The monoisotopic (exact) mass is 382 g/mol. The van der Waals surface area contributed by atoms with Gasteiger partial charge in [0, 0.05) is 17.8 Å². The molecule has 0 aliphatic carbocycles. The van der Waals surface area contributed by atoms with Crippen molar-refractivity contribution in [2.24, 2.45) is 0 Å². The highest BCUT2D eigenvalue weighted by atomic mass is 79.9. The molecule has 0 fully saturated rings. The summed E-state index contributed by atoms with van der Waals surface area (Å²) < 4.78 is 6.10. The number of carbonyl (C=O) groups is 1. The predicted octanol–water partition coefficient (Wildman–Crippen LogP) is 3.57. The number of ether oxygens (including phenoxy) is 1. The number of nitrogens with one attached hydrogen (secondary N) is 1. The third-order valence-electron chi connectivity index (χ3n) is 3.80. The van der Waals surface area contributed by atoms with Crippen LogP contribution in [0.5, 0.6) is 5.75 Å². The Hall–Kier alpha value is -1.40. The number of hydrogen-bond donors (Lipinski definition) is 1. The van der Waals surface area contributed by atoms with Gasteiger partial charge in [-0.05, 0) is 66.6 Å². The quantitative estimate of drug-likeness (QED) is 0.806. The van der Waals surface area contributed by atoms with E-state index in [1.165, 1.54) is 0 Å². The van der Waals surface area contributed by atoms with Crippen LogP contribution in [0.2, 0.25) is 0 Å². The van der Waals surface area contributed by atoms with Crippen LogP contribution in [0.1, 0.15) is 32.4 Å². The molecule has 1 N–H and O–H groups in total. The maximum atomic E-state index is 12.2. The van der Waals surface area contributed by atoms with Gasteiger partial charge in [0.15, 0.2) is 10.9 Å². The first-order chi connectivity index (χ1) is 10.4. The smallest absolute Gasteiger partial charge is 0.173 e. The van der Waals surface area contributed by atoms with Crippen LogP contribution in [-0.2, 0) is 4.79 Å². The standard InChI is InChI=1S/C16H19BrN2O2S/c1-5-19-9(2)14(10(3)20)15(18-16(19)22)11-6-7-13(21-4)12(17)8-11/h6-8,15H,5H2,1-4H3,(H,18,22). The summed E-state index contributed by atoms with van der Waals surface area (Å²) in [6.45, 7) is 6.28. The number of hydrogen-bond acceptors (Lipinski definition) is 3. The Kier molecular flexibility index (Phi) is 5.24. The van der Waals surface area contributed by atoms with Crippen LogP contribution in [0.15, 0.2) is 33.9 Å². The molecule has 118 valence electrons. The maximum absolute atomic E-state index is 12.2. The van der Waals surface area contributed by atoms with Crippen molar-refractivity contribution in [1.29, 1.82) is 0 Å². The third kappa shape index (κ3) is 3.03. The molecule has 4 nitrogen and oxygen atoms in total. The number of rotatable bonds is 4. The average molecular weight is 383 g/mol.